The quantitative estimate of drug-likeness (QED) is 0.710. The number of fused-ring (bicyclic) bond motifs is 1. The number of hydrogen-bond acceptors (Lipinski definition) is 4. The van der Waals surface area contributed by atoms with Crippen molar-refractivity contribution in [3.05, 3.63) is 74.2 Å². The lowest BCUT2D eigenvalue weighted by Gasteiger charge is -2.21. The zero-order valence-corrected chi connectivity index (χ0v) is 15.8. The van der Waals surface area contributed by atoms with Gasteiger partial charge in [-0.3, -0.25) is 23.8 Å². The van der Waals surface area contributed by atoms with Gasteiger partial charge >= 0.3 is 5.69 Å². The van der Waals surface area contributed by atoms with Gasteiger partial charge in [0.05, 0.1) is 5.69 Å². The van der Waals surface area contributed by atoms with Gasteiger partial charge in [-0.1, -0.05) is 30.3 Å². The minimum absolute atomic E-state index is 0.111. The highest BCUT2D eigenvalue weighted by molar-refractivity contribution is 5.92. The molecule has 1 N–H and O–H groups in total. The summed E-state index contributed by atoms with van der Waals surface area (Å²) < 4.78 is 2.21. The molecule has 3 heterocycles. The van der Waals surface area contributed by atoms with E-state index in [1.165, 1.54) is 24.7 Å². The molecule has 0 fully saturated rings. The number of carbonyl (C=O) groups is 1. The van der Waals surface area contributed by atoms with Gasteiger partial charge in [-0.2, -0.15) is 5.10 Å². The first-order valence-corrected chi connectivity index (χ1v) is 9.15. The molecule has 0 aliphatic carbocycles. The molecule has 0 radical (unpaired) electrons. The summed E-state index contributed by atoms with van der Waals surface area (Å²) in [6.07, 6.45) is 1.29. The Bertz CT molecular complexity index is 1160. The third-order valence-electron chi connectivity index (χ3n) is 5.30. The number of rotatable bonds is 2. The Morgan fingerprint density at radius 2 is 1.75 bits per heavy atom. The van der Waals surface area contributed by atoms with E-state index in [-0.39, 0.29) is 11.6 Å². The van der Waals surface area contributed by atoms with E-state index in [0.717, 1.165) is 27.1 Å². The number of nitrogens with one attached hydrogen (secondary N) is 1. The zero-order valence-electron chi connectivity index (χ0n) is 15.8. The molecule has 4 rings (SSSR count). The van der Waals surface area contributed by atoms with Crippen LogP contribution in [0.3, 0.4) is 0 Å². The SMILES string of the molecule is Cn1c(C(=O)N2CCc3[nH]nc(-c4ccccc4)c3CC2)cc(=O)n(C)c1=O. The van der Waals surface area contributed by atoms with Crippen LogP contribution in [0.25, 0.3) is 11.3 Å². The highest BCUT2D eigenvalue weighted by Gasteiger charge is 2.25. The number of nitrogens with zero attached hydrogens (tertiary/aromatic N) is 4. The molecule has 0 saturated heterocycles. The predicted octanol–water partition coefficient (Wildman–Crippen LogP) is 0.715. The summed E-state index contributed by atoms with van der Waals surface area (Å²) in [7, 11) is 2.90. The van der Waals surface area contributed by atoms with Crippen molar-refractivity contribution in [3.63, 3.8) is 0 Å². The third kappa shape index (κ3) is 2.96. The molecule has 8 nitrogen and oxygen atoms in total. The molecule has 0 saturated carbocycles. The van der Waals surface area contributed by atoms with Gasteiger partial charge in [-0.05, 0) is 6.42 Å². The van der Waals surface area contributed by atoms with Gasteiger partial charge < -0.3 is 4.90 Å². The maximum absolute atomic E-state index is 13.0. The van der Waals surface area contributed by atoms with Crippen molar-refractivity contribution in [2.75, 3.05) is 13.1 Å². The second-order valence-corrected chi connectivity index (χ2v) is 6.96. The van der Waals surface area contributed by atoms with Gasteiger partial charge in [0.25, 0.3) is 11.5 Å². The Labute approximate surface area is 161 Å². The highest BCUT2D eigenvalue weighted by Crippen LogP contribution is 2.26. The van der Waals surface area contributed by atoms with Crippen molar-refractivity contribution >= 4 is 5.91 Å². The smallest absolute Gasteiger partial charge is 0.331 e. The lowest BCUT2D eigenvalue weighted by atomic mass is 10.0. The molecule has 2 aromatic heterocycles. The molecule has 1 aliphatic rings. The molecule has 8 heteroatoms. The normalized spacial score (nSPS) is 13.9. The topological polar surface area (TPSA) is 93.0 Å². The Morgan fingerprint density at radius 1 is 1.04 bits per heavy atom. The molecule has 144 valence electrons. The fourth-order valence-corrected chi connectivity index (χ4v) is 3.62. The summed E-state index contributed by atoms with van der Waals surface area (Å²) in [6, 6.07) is 11.2. The Kier molecular flexibility index (Phi) is 4.46. The van der Waals surface area contributed by atoms with Crippen LogP contribution in [0, 0.1) is 0 Å². The third-order valence-corrected chi connectivity index (χ3v) is 5.30. The lowest BCUT2D eigenvalue weighted by Crippen LogP contribution is -2.43. The second-order valence-electron chi connectivity index (χ2n) is 6.96. The minimum Gasteiger partial charge on any atom is -0.337 e. The molecule has 28 heavy (non-hydrogen) atoms. The van der Waals surface area contributed by atoms with Crippen LogP contribution in [0.15, 0.2) is 46.0 Å². The van der Waals surface area contributed by atoms with E-state index in [2.05, 4.69) is 10.2 Å². The van der Waals surface area contributed by atoms with Crippen molar-refractivity contribution in [1.29, 1.82) is 0 Å². The van der Waals surface area contributed by atoms with Gasteiger partial charge in [0.15, 0.2) is 0 Å². The summed E-state index contributed by atoms with van der Waals surface area (Å²) in [5.41, 5.74) is 3.19. The molecule has 0 spiro atoms. The van der Waals surface area contributed by atoms with Crippen molar-refractivity contribution in [2.45, 2.75) is 12.8 Å². The molecule has 1 amide bonds. The van der Waals surface area contributed by atoms with Gasteiger partial charge in [-0.25, -0.2) is 4.79 Å². The van der Waals surface area contributed by atoms with Crippen LogP contribution in [0.1, 0.15) is 21.7 Å². The molecule has 1 aromatic carbocycles. The minimum atomic E-state index is -0.508. The van der Waals surface area contributed by atoms with Crippen LogP contribution in [-0.4, -0.2) is 43.2 Å². The maximum Gasteiger partial charge on any atom is 0.331 e. The van der Waals surface area contributed by atoms with Crippen molar-refractivity contribution < 1.29 is 4.79 Å². The number of H-pyrrole nitrogens is 1. The van der Waals surface area contributed by atoms with E-state index >= 15 is 0 Å². The standard InChI is InChI=1S/C20H21N5O3/c1-23-16(12-17(26)24(2)20(23)28)19(27)25-10-8-14-15(9-11-25)21-22-18(14)13-6-4-3-5-7-13/h3-7,12H,8-11H2,1-2H3,(H,21,22). The first kappa shape index (κ1) is 18.0. The highest BCUT2D eigenvalue weighted by atomic mass is 16.2. The second kappa shape index (κ2) is 6.95. The number of hydrogen-bond donors (Lipinski definition) is 1. The van der Waals surface area contributed by atoms with Crippen LogP contribution in [0.2, 0.25) is 0 Å². The molecular weight excluding hydrogens is 358 g/mol. The van der Waals surface area contributed by atoms with E-state index < -0.39 is 11.2 Å². The predicted molar refractivity (Wildman–Crippen MR) is 104 cm³/mol. The van der Waals surface area contributed by atoms with Crippen LogP contribution in [0.4, 0.5) is 0 Å². The number of carbonyl (C=O) groups excluding carboxylic acids is 1. The van der Waals surface area contributed by atoms with Gasteiger partial charge in [-0.15, -0.1) is 0 Å². The van der Waals surface area contributed by atoms with Crippen molar-refractivity contribution in [3.8, 4) is 11.3 Å². The zero-order chi connectivity index (χ0) is 19.8. The van der Waals surface area contributed by atoms with Crippen LogP contribution < -0.4 is 11.2 Å². The number of aromatic nitrogens is 4. The van der Waals surface area contributed by atoms with E-state index in [9.17, 15) is 14.4 Å². The molecule has 3 aromatic rings. The summed E-state index contributed by atoms with van der Waals surface area (Å²) in [5.74, 6) is -0.309. The van der Waals surface area contributed by atoms with Crippen LogP contribution in [0.5, 0.6) is 0 Å². The van der Waals surface area contributed by atoms with E-state index in [0.29, 0.717) is 25.9 Å². The number of amides is 1. The van der Waals surface area contributed by atoms with E-state index in [1.807, 2.05) is 30.3 Å². The first-order chi connectivity index (χ1) is 13.5. The van der Waals surface area contributed by atoms with Gasteiger partial charge in [0.2, 0.25) is 0 Å². The molecule has 0 bridgehead atoms. The summed E-state index contributed by atoms with van der Waals surface area (Å²) in [6.45, 7) is 0.986. The number of aromatic amines is 1. The summed E-state index contributed by atoms with van der Waals surface area (Å²) >= 11 is 0. The largest absolute Gasteiger partial charge is 0.337 e. The lowest BCUT2D eigenvalue weighted by molar-refractivity contribution is 0.0750. The average Bonchev–Trinajstić information content (AvgIpc) is 3.00. The molecule has 1 aliphatic heterocycles. The van der Waals surface area contributed by atoms with Crippen molar-refractivity contribution in [1.82, 2.24) is 24.2 Å². The first-order valence-electron chi connectivity index (χ1n) is 9.15. The monoisotopic (exact) mass is 379 g/mol. The maximum atomic E-state index is 13.0. The van der Waals surface area contributed by atoms with Gasteiger partial charge in [0.1, 0.15) is 5.69 Å². The fraction of sp³-hybridized carbons (Fsp3) is 0.300. The molecule has 0 unspecified atom stereocenters. The number of benzene rings is 1. The van der Waals surface area contributed by atoms with E-state index in [1.54, 1.807) is 4.90 Å². The van der Waals surface area contributed by atoms with Crippen molar-refractivity contribution in [2.24, 2.45) is 14.1 Å². The van der Waals surface area contributed by atoms with Crippen LogP contribution in [-0.2, 0) is 26.9 Å². The fourth-order valence-electron chi connectivity index (χ4n) is 3.62. The molecular formula is C20H21N5O3. The Hall–Kier alpha value is -3.42. The van der Waals surface area contributed by atoms with Gasteiger partial charge in [0, 0.05) is 56.5 Å². The Morgan fingerprint density at radius 3 is 2.50 bits per heavy atom. The summed E-state index contributed by atoms with van der Waals surface area (Å²) in [5, 5.41) is 7.57. The van der Waals surface area contributed by atoms with E-state index in [4.69, 9.17) is 0 Å². The van der Waals surface area contributed by atoms with Crippen LogP contribution >= 0.6 is 0 Å². The Balaban J connectivity index is 1.62. The molecule has 0 atom stereocenters. The average molecular weight is 379 g/mol. The summed E-state index contributed by atoms with van der Waals surface area (Å²) in [4.78, 5) is 38.8.